The van der Waals surface area contributed by atoms with Gasteiger partial charge >= 0.3 is 0 Å². The van der Waals surface area contributed by atoms with Crippen molar-refractivity contribution in [2.75, 3.05) is 0 Å². The molecular weight excluding hydrogens is 204 g/mol. The van der Waals surface area contributed by atoms with Crippen molar-refractivity contribution < 1.29 is 0 Å². The molecule has 0 radical (unpaired) electrons. The minimum atomic E-state index is 0.801. The quantitative estimate of drug-likeness (QED) is 0.517. The van der Waals surface area contributed by atoms with E-state index >= 15 is 0 Å². The van der Waals surface area contributed by atoms with Crippen LogP contribution in [0.2, 0.25) is 5.02 Å². The molecule has 1 aromatic rings. The Labute approximate surface area is 97.7 Å². The molecular formula is C14H17Cl. The van der Waals surface area contributed by atoms with Gasteiger partial charge in [0.1, 0.15) is 0 Å². The van der Waals surface area contributed by atoms with E-state index in [-0.39, 0.29) is 0 Å². The molecule has 0 aliphatic carbocycles. The van der Waals surface area contributed by atoms with E-state index in [1.165, 1.54) is 19.3 Å². The van der Waals surface area contributed by atoms with Gasteiger partial charge < -0.3 is 0 Å². The average Bonchev–Trinajstić information content (AvgIpc) is 2.24. The minimum absolute atomic E-state index is 0.801. The highest BCUT2D eigenvalue weighted by Crippen LogP contribution is 2.17. The summed E-state index contributed by atoms with van der Waals surface area (Å²) >= 11 is 6.01. The summed E-state index contributed by atoms with van der Waals surface area (Å²) in [5.41, 5.74) is 2.14. The van der Waals surface area contributed by atoms with Crippen LogP contribution in [0, 0.1) is 18.8 Å². The molecule has 0 saturated carbocycles. The number of unbranched alkanes of at least 4 members (excludes halogenated alkanes) is 3. The first-order valence-electron chi connectivity index (χ1n) is 5.49. The number of rotatable bonds is 3. The zero-order valence-corrected chi connectivity index (χ0v) is 10.2. The SMILES string of the molecule is CCCCCC#Cc1cccc(Cl)c1C. The highest BCUT2D eigenvalue weighted by molar-refractivity contribution is 6.31. The van der Waals surface area contributed by atoms with Crippen molar-refractivity contribution >= 4 is 11.6 Å². The monoisotopic (exact) mass is 220 g/mol. The summed E-state index contributed by atoms with van der Waals surface area (Å²) in [6, 6.07) is 5.87. The Balaban J connectivity index is 2.60. The third-order valence-electron chi connectivity index (χ3n) is 2.40. The smallest absolute Gasteiger partial charge is 0.0447 e. The van der Waals surface area contributed by atoms with Crippen LogP contribution >= 0.6 is 11.6 Å². The molecule has 1 aromatic carbocycles. The molecule has 0 atom stereocenters. The predicted molar refractivity (Wildman–Crippen MR) is 67.2 cm³/mol. The molecule has 0 bridgehead atoms. The lowest BCUT2D eigenvalue weighted by Gasteiger charge is -1.99. The van der Waals surface area contributed by atoms with Crippen LogP contribution in [-0.4, -0.2) is 0 Å². The van der Waals surface area contributed by atoms with Crippen LogP contribution in [0.15, 0.2) is 18.2 Å². The normalized spacial score (nSPS) is 9.53. The summed E-state index contributed by atoms with van der Waals surface area (Å²) in [6.07, 6.45) is 4.70. The highest BCUT2D eigenvalue weighted by Gasteiger charge is 1.97. The summed E-state index contributed by atoms with van der Waals surface area (Å²) < 4.78 is 0. The average molecular weight is 221 g/mol. The van der Waals surface area contributed by atoms with E-state index in [1.54, 1.807) is 0 Å². The molecule has 0 unspecified atom stereocenters. The predicted octanol–water partition coefficient (Wildman–Crippen LogP) is 4.58. The second kappa shape index (κ2) is 6.53. The zero-order chi connectivity index (χ0) is 11.1. The molecule has 0 heterocycles. The molecule has 0 amide bonds. The second-order valence-electron chi connectivity index (χ2n) is 3.67. The van der Waals surface area contributed by atoms with Gasteiger partial charge in [-0.25, -0.2) is 0 Å². The fourth-order valence-electron chi connectivity index (χ4n) is 1.36. The Kier molecular flexibility index (Phi) is 5.29. The van der Waals surface area contributed by atoms with Gasteiger partial charge in [-0.1, -0.05) is 49.3 Å². The molecule has 0 aliphatic rings. The van der Waals surface area contributed by atoms with Crippen LogP contribution in [0.25, 0.3) is 0 Å². The van der Waals surface area contributed by atoms with Gasteiger partial charge in [0, 0.05) is 17.0 Å². The molecule has 0 aromatic heterocycles. The molecule has 80 valence electrons. The topological polar surface area (TPSA) is 0 Å². The van der Waals surface area contributed by atoms with Crippen molar-refractivity contribution in [1.82, 2.24) is 0 Å². The third kappa shape index (κ3) is 3.98. The number of halogens is 1. The van der Waals surface area contributed by atoms with Crippen LogP contribution in [-0.2, 0) is 0 Å². The van der Waals surface area contributed by atoms with Crippen molar-refractivity contribution in [3.63, 3.8) is 0 Å². The van der Waals surface area contributed by atoms with Crippen molar-refractivity contribution in [1.29, 1.82) is 0 Å². The van der Waals surface area contributed by atoms with Gasteiger partial charge in [0.05, 0.1) is 0 Å². The van der Waals surface area contributed by atoms with Crippen molar-refractivity contribution in [2.24, 2.45) is 0 Å². The molecule has 0 N–H and O–H groups in total. The molecule has 0 aliphatic heterocycles. The maximum absolute atomic E-state index is 6.01. The first-order valence-corrected chi connectivity index (χ1v) is 5.87. The summed E-state index contributed by atoms with van der Waals surface area (Å²) in [7, 11) is 0. The third-order valence-corrected chi connectivity index (χ3v) is 2.81. The van der Waals surface area contributed by atoms with Crippen LogP contribution in [0.1, 0.15) is 43.7 Å². The Bertz CT molecular complexity index is 369. The summed E-state index contributed by atoms with van der Waals surface area (Å²) in [5.74, 6) is 6.37. The molecule has 0 fully saturated rings. The second-order valence-corrected chi connectivity index (χ2v) is 4.08. The van der Waals surface area contributed by atoms with E-state index in [9.17, 15) is 0 Å². The van der Waals surface area contributed by atoms with Crippen LogP contribution in [0.3, 0.4) is 0 Å². The van der Waals surface area contributed by atoms with Gasteiger partial charge in [-0.15, -0.1) is 0 Å². The molecule has 1 rings (SSSR count). The van der Waals surface area contributed by atoms with E-state index in [1.807, 2.05) is 25.1 Å². The zero-order valence-electron chi connectivity index (χ0n) is 9.44. The first kappa shape index (κ1) is 12.1. The van der Waals surface area contributed by atoms with E-state index in [4.69, 9.17) is 11.6 Å². The van der Waals surface area contributed by atoms with E-state index < -0.39 is 0 Å². The van der Waals surface area contributed by atoms with Crippen molar-refractivity contribution in [3.8, 4) is 11.8 Å². The van der Waals surface area contributed by atoms with Crippen LogP contribution in [0.4, 0.5) is 0 Å². The van der Waals surface area contributed by atoms with E-state index in [0.29, 0.717) is 0 Å². The van der Waals surface area contributed by atoms with Gasteiger partial charge in [0.2, 0.25) is 0 Å². The number of benzene rings is 1. The Morgan fingerprint density at radius 1 is 1.27 bits per heavy atom. The Morgan fingerprint density at radius 2 is 2.07 bits per heavy atom. The summed E-state index contributed by atoms with van der Waals surface area (Å²) in [4.78, 5) is 0. The number of hydrogen-bond acceptors (Lipinski definition) is 0. The fourth-order valence-corrected chi connectivity index (χ4v) is 1.54. The first-order chi connectivity index (χ1) is 7.25. The van der Waals surface area contributed by atoms with Gasteiger partial charge in [-0.05, 0) is 31.0 Å². The maximum Gasteiger partial charge on any atom is 0.0447 e. The Hall–Kier alpha value is -0.930. The lowest BCUT2D eigenvalue weighted by Crippen LogP contribution is -1.82. The molecule has 0 spiro atoms. The van der Waals surface area contributed by atoms with Gasteiger partial charge in [0.25, 0.3) is 0 Å². The van der Waals surface area contributed by atoms with Crippen molar-refractivity contribution in [3.05, 3.63) is 34.3 Å². The Morgan fingerprint density at radius 3 is 2.80 bits per heavy atom. The molecule has 0 saturated heterocycles. The lowest BCUT2D eigenvalue weighted by atomic mass is 10.1. The van der Waals surface area contributed by atoms with Gasteiger partial charge in [0.15, 0.2) is 0 Å². The van der Waals surface area contributed by atoms with E-state index in [0.717, 1.165) is 22.6 Å². The maximum atomic E-state index is 6.01. The van der Waals surface area contributed by atoms with Crippen molar-refractivity contribution in [2.45, 2.75) is 39.5 Å². The van der Waals surface area contributed by atoms with Crippen LogP contribution in [0.5, 0.6) is 0 Å². The molecule has 15 heavy (non-hydrogen) atoms. The van der Waals surface area contributed by atoms with Crippen LogP contribution < -0.4 is 0 Å². The largest absolute Gasteiger partial charge is 0.0979 e. The minimum Gasteiger partial charge on any atom is -0.0979 e. The van der Waals surface area contributed by atoms with Gasteiger partial charge in [-0.3, -0.25) is 0 Å². The summed E-state index contributed by atoms with van der Waals surface area (Å²) in [5, 5.41) is 0.801. The fraction of sp³-hybridized carbons (Fsp3) is 0.429. The van der Waals surface area contributed by atoms with E-state index in [2.05, 4.69) is 18.8 Å². The molecule has 1 heteroatoms. The van der Waals surface area contributed by atoms with Gasteiger partial charge in [-0.2, -0.15) is 0 Å². The summed E-state index contributed by atoms with van der Waals surface area (Å²) in [6.45, 7) is 4.22. The lowest BCUT2D eigenvalue weighted by molar-refractivity contribution is 0.737. The number of hydrogen-bond donors (Lipinski definition) is 0. The standard InChI is InChI=1S/C14H17Cl/c1-3-4-5-6-7-9-13-10-8-11-14(15)12(13)2/h8,10-11H,3-6H2,1-2H3. The molecule has 0 nitrogen and oxygen atoms in total. The highest BCUT2D eigenvalue weighted by atomic mass is 35.5.